The summed E-state index contributed by atoms with van der Waals surface area (Å²) in [5, 5.41) is 3.73. The molecule has 1 N–H and O–H groups in total. The number of hydrogen-bond donors (Lipinski definition) is 1. The SMILES string of the molecule is O=C(NC1CCCCCC1)c1nc2ccccc2s1. The van der Waals surface area contributed by atoms with E-state index in [2.05, 4.69) is 10.3 Å². The largest absolute Gasteiger partial charge is 0.347 e. The number of para-hydroxylation sites is 1. The number of thiazole rings is 1. The van der Waals surface area contributed by atoms with Crippen LogP contribution in [-0.4, -0.2) is 16.9 Å². The molecule has 2 aromatic rings. The van der Waals surface area contributed by atoms with Crippen LogP contribution in [0.4, 0.5) is 0 Å². The number of carbonyl (C=O) groups is 1. The number of fused-ring (bicyclic) bond motifs is 1. The first-order valence-electron chi connectivity index (χ1n) is 6.99. The monoisotopic (exact) mass is 274 g/mol. The molecule has 0 atom stereocenters. The highest BCUT2D eigenvalue weighted by Gasteiger charge is 2.18. The highest BCUT2D eigenvalue weighted by Crippen LogP contribution is 2.22. The van der Waals surface area contributed by atoms with Gasteiger partial charge in [0.05, 0.1) is 10.2 Å². The van der Waals surface area contributed by atoms with Crippen LogP contribution < -0.4 is 5.32 Å². The lowest BCUT2D eigenvalue weighted by Gasteiger charge is -2.14. The molecule has 1 aliphatic carbocycles. The maximum atomic E-state index is 12.2. The highest BCUT2D eigenvalue weighted by atomic mass is 32.1. The maximum Gasteiger partial charge on any atom is 0.280 e. The molecule has 0 bridgehead atoms. The predicted molar refractivity (Wildman–Crippen MR) is 78.6 cm³/mol. The predicted octanol–water partition coefficient (Wildman–Crippen LogP) is 3.75. The van der Waals surface area contributed by atoms with E-state index in [9.17, 15) is 4.79 Å². The summed E-state index contributed by atoms with van der Waals surface area (Å²) >= 11 is 1.48. The molecule has 1 aromatic carbocycles. The van der Waals surface area contributed by atoms with Gasteiger partial charge in [-0.2, -0.15) is 0 Å². The number of hydrogen-bond acceptors (Lipinski definition) is 3. The molecule has 100 valence electrons. The van der Waals surface area contributed by atoms with E-state index in [0.29, 0.717) is 11.0 Å². The average molecular weight is 274 g/mol. The van der Waals surface area contributed by atoms with Gasteiger partial charge in [-0.3, -0.25) is 4.79 Å². The molecule has 1 fully saturated rings. The Morgan fingerprint density at radius 2 is 1.89 bits per heavy atom. The molecule has 0 unspecified atom stereocenters. The van der Waals surface area contributed by atoms with Gasteiger partial charge in [0.1, 0.15) is 0 Å². The van der Waals surface area contributed by atoms with Crippen molar-refractivity contribution in [1.82, 2.24) is 10.3 Å². The Bertz CT molecular complexity index is 537. The molecular formula is C15H18N2OS. The smallest absolute Gasteiger partial charge is 0.280 e. The van der Waals surface area contributed by atoms with E-state index in [1.54, 1.807) is 0 Å². The van der Waals surface area contributed by atoms with E-state index < -0.39 is 0 Å². The van der Waals surface area contributed by atoms with Crippen molar-refractivity contribution in [3.8, 4) is 0 Å². The third-order valence-electron chi connectivity index (χ3n) is 3.68. The van der Waals surface area contributed by atoms with Gasteiger partial charge >= 0.3 is 0 Å². The van der Waals surface area contributed by atoms with E-state index in [0.717, 1.165) is 23.1 Å². The Morgan fingerprint density at radius 3 is 2.63 bits per heavy atom. The average Bonchev–Trinajstić information content (AvgIpc) is 2.70. The number of nitrogens with zero attached hydrogens (tertiary/aromatic N) is 1. The van der Waals surface area contributed by atoms with Crippen LogP contribution in [0.5, 0.6) is 0 Å². The summed E-state index contributed by atoms with van der Waals surface area (Å²) in [6.45, 7) is 0. The van der Waals surface area contributed by atoms with E-state index in [1.807, 2.05) is 24.3 Å². The number of carbonyl (C=O) groups excluding carboxylic acids is 1. The minimum atomic E-state index is -0.00639. The summed E-state index contributed by atoms with van der Waals surface area (Å²) in [6.07, 6.45) is 7.27. The Kier molecular flexibility index (Phi) is 3.78. The van der Waals surface area contributed by atoms with Crippen LogP contribution in [0.3, 0.4) is 0 Å². The van der Waals surface area contributed by atoms with Gasteiger partial charge in [0.2, 0.25) is 0 Å². The lowest BCUT2D eigenvalue weighted by molar-refractivity contribution is 0.0933. The van der Waals surface area contributed by atoms with E-state index in [1.165, 1.54) is 37.0 Å². The zero-order valence-corrected chi connectivity index (χ0v) is 11.7. The fourth-order valence-corrected chi connectivity index (χ4v) is 3.51. The molecule has 19 heavy (non-hydrogen) atoms. The van der Waals surface area contributed by atoms with Crippen LogP contribution in [0.2, 0.25) is 0 Å². The highest BCUT2D eigenvalue weighted by molar-refractivity contribution is 7.20. The Morgan fingerprint density at radius 1 is 1.16 bits per heavy atom. The summed E-state index contributed by atoms with van der Waals surface area (Å²) in [6, 6.07) is 8.23. The van der Waals surface area contributed by atoms with Gasteiger partial charge in [-0.15, -0.1) is 11.3 Å². The molecule has 4 heteroatoms. The van der Waals surface area contributed by atoms with Gasteiger partial charge in [0, 0.05) is 6.04 Å². The second-order valence-corrected chi connectivity index (χ2v) is 6.18. The van der Waals surface area contributed by atoms with Crippen molar-refractivity contribution >= 4 is 27.5 Å². The molecule has 0 radical (unpaired) electrons. The van der Waals surface area contributed by atoms with Crippen LogP contribution in [0.1, 0.15) is 48.3 Å². The van der Waals surface area contributed by atoms with Crippen molar-refractivity contribution in [3.05, 3.63) is 29.3 Å². The minimum Gasteiger partial charge on any atom is -0.347 e. The molecule has 3 rings (SSSR count). The second kappa shape index (κ2) is 5.70. The minimum absolute atomic E-state index is 0.00639. The lowest BCUT2D eigenvalue weighted by atomic mass is 10.1. The van der Waals surface area contributed by atoms with E-state index >= 15 is 0 Å². The molecule has 1 amide bonds. The van der Waals surface area contributed by atoms with Crippen LogP contribution in [0.15, 0.2) is 24.3 Å². The van der Waals surface area contributed by atoms with Gasteiger partial charge in [0.15, 0.2) is 5.01 Å². The normalized spacial score (nSPS) is 17.3. The van der Waals surface area contributed by atoms with Gasteiger partial charge in [-0.25, -0.2) is 4.98 Å². The van der Waals surface area contributed by atoms with Crippen molar-refractivity contribution in [3.63, 3.8) is 0 Å². The van der Waals surface area contributed by atoms with Crippen molar-refractivity contribution < 1.29 is 4.79 Å². The van der Waals surface area contributed by atoms with Crippen LogP contribution in [-0.2, 0) is 0 Å². The summed E-state index contributed by atoms with van der Waals surface area (Å²) < 4.78 is 1.08. The number of aromatic nitrogens is 1. The molecule has 1 aromatic heterocycles. The van der Waals surface area contributed by atoms with Gasteiger partial charge in [-0.05, 0) is 25.0 Å². The third-order valence-corrected chi connectivity index (χ3v) is 4.71. The number of nitrogens with one attached hydrogen (secondary N) is 1. The van der Waals surface area contributed by atoms with Crippen molar-refractivity contribution in [2.24, 2.45) is 0 Å². The van der Waals surface area contributed by atoms with Gasteiger partial charge in [-0.1, -0.05) is 37.8 Å². The Hall–Kier alpha value is -1.42. The fourth-order valence-electron chi connectivity index (χ4n) is 2.64. The third kappa shape index (κ3) is 2.95. The zero-order valence-electron chi connectivity index (χ0n) is 10.9. The van der Waals surface area contributed by atoms with E-state index in [-0.39, 0.29) is 5.91 Å². The first-order chi connectivity index (χ1) is 9.33. The molecule has 1 saturated carbocycles. The number of rotatable bonds is 2. The van der Waals surface area contributed by atoms with Gasteiger partial charge < -0.3 is 5.32 Å². The van der Waals surface area contributed by atoms with Crippen LogP contribution in [0.25, 0.3) is 10.2 Å². The maximum absolute atomic E-state index is 12.2. The first-order valence-corrected chi connectivity index (χ1v) is 7.81. The molecule has 1 heterocycles. The molecule has 0 aliphatic heterocycles. The molecule has 0 spiro atoms. The Labute approximate surface area is 117 Å². The quantitative estimate of drug-likeness (QED) is 0.847. The summed E-state index contributed by atoms with van der Waals surface area (Å²) in [5.74, 6) is -0.00639. The molecule has 1 aliphatic rings. The summed E-state index contributed by atoms with van der Waals surface area (Å²) in [7, 11) is 0. The first kappa shape index (κ1) is 12.6. The van der Waals surface area contributed by atoms with Crippen molar-refractivity contribution in [1.29, 1.82) is 0 Å². The summed E-state index contributed by atoms with van der Waals surface area (Å²) in [5.41, 5.74) is 0.915. The molecule has 3 nitrogen and oxygen atoms in total. The second-order valence-electron chi connectivity index (χ2n) is 5.15. The van der Waals surface area contributed by atoms with E-state index in [4.69, 9.17) is 0 Å². The standard InChI is InChI=1S/C15H18N2OS/c18-14(16-11-7-3-1-2-4-8-11)15-17-12-9-5-6-10-13(12)19-15/h5-6,9-11H,1-4,7-8H2,(H,16,18). The van der Waals surface area contributed by atoms with Crippen LogP contribution >= 0.6 is 11.3 Å². The van der Waals surface area contributed by atoms with Crippen molar-refractivity contribution in [2.45, 2.75) is 44.6 Å². The summed E-state index contributed by atoms with van der Waals surface area (Å²) in [4.78, 5) is 16.6. The van der Waals surface area contributed by atoms with Gasteiger partial charge in [0.25, 0.3) is 5.91 Å². The number of amides is 1. The topological polar surface area (TPSA) is 42.0 Å². The lowest BCUT2D eigenvalue weighted by Crippen LogP contribution is -2.34. The zero-order chi connectivity index (χ0) is 13.1. The number of benzene rings is 1. The molecule has 0 saturated heterocycles. The van der Waals surface area contributed by atoms with Crippen molar-refractivity contribution in [2.75, 3.05) is 0 Å². The molecular weight excluding hydrogens is 256 g/mol. The Balaban J connectivity index is 1.72. The van der Waals surface area contributed by atoms with Crippen LogP contribution in [0, 0.1) is 0 Å². The fraction of sp³-hybridized carbons (Fsp3) is 0.467.